The number of carboxylic acids is 1. The Kier molecular flexibility index (Phi) is 2.36. The quantitative estimate of drug-likeness (QED) is 0.782. The minimum atomic E-state index is -1.10. The van der Waals surface area contributed by atoms with Gasteiger partial charge in [-0.15, -0.1) is 0 Å². The zero-order chi connectivity index (χ0) is 11.7. The van der Waals surface area contributed by atoms with Crippen molar-refractivity contribution < 1.29 is 23.8 Å². The number of carboxylic acid groups (broad SMARTS) is 1. The van der Waals surface area contributed by atoms with Crippen LogP contribution >= 0.6 is 0 Å². The summed E-state index contributed by atoms with van der Waals surface area (Å²) in [5.41, 5.74) is 0.197. The maximum atomic E-state index is 11.2. The van der Waals surface area contributed by atoms with Crippen LogP contribution in [-0.2, 0) is 4.74 Å². The first-order valence-corrected chi connectivity index (χ1v) is 4.47. The molecule has 0 saturated carbocycles. The molecule has 0 aliphatic heterocycles. The fourth-order valence-electron chi connectivity index (χ4n) is 1.43. The fraction of sp³-hybridized carbons (Fsp3) is 0.0909. The summed E-state index contributed by atoms with van der Waals surface area (Å²) in [5.74, 6) is -1.74. The lowest BCUT2D eigenvalue weighted by Crippen LogP contribution is -1.98. The number of hydrogen-bond donors (Lipinski definition) is 1. The van der Waals surface area contributed by atoms with E-state index in [9.17, 15) is 9.59 Å². The molecule has 1 aromatic carbocycles. The summed E-state index contributed by atoms with van der Waals surface area (Å²) in [6.45, 7) is 0. The molecule has 1 heterocycles. The molecule has 82 valence electrons. The highest BCUT2D eigenvalue weighted by Gasteiger charge is 2.17. The molecule has 1 N–H and O–H groups in total. The Morgan fingerprint density at radius 2 is 2.12 bits per heavy atom. The lowest BCUT2D eigenvalue weighted by atomic mass is 10.1. The Morgan fingerprint density at radius 1 is 1.38 bits per heavy atom. The molecule has 0 bridgehead atoms. The summed E-state index contributed by atoms with van der Waals surface area (Å²) in [6, 6.07) is 6.11. The average Bonchev–Trinajstić information content (AvgIpc) is 2.70. The monoisotopic (exact) mass is 220 g/mol. The van der Waals surface area contributed by atoms with Gasteiger partial charge in [-0.25, -0.2) is 9.59 Å². The molecule has 0 amide bonds. The van der Waals surface area contributed by atoms with Gasteiger partial charge in [0.2, 0.25) is 5.76 Å². The number of benzene rings is 1. The number of carbonyl (C=O) groups is 2. The van der Waals surface area contributed by atoms with Crippen molar-refractivity contribution in [3.05, 3.63) is 35.6 Å². The molecule has 0 atom stereocenters. The fourth-order valence-corrected chi connectivity index (χ4v) is 1.43. The number of para-hydroxylation sites is 1. The van der Waals surface area contributed by atoms with E-state index in [0.717, 1.165) is 0 Å². The largest absolute Gasteiger partial charge is 0.478 e. The number of fused-ring (bicyclic) bond motifs is 1. The molecule has 0 aliphatic rings. The Labute approximate surface area is 90.2 Å². The first-order chi connectivity index (χ1) is 7.63. The van der Waals surface area contributed by atoms with Crippen LogP contribution in [0, 0.1) is 0 Å². The van der Waals surface area contributed by atoms with Gasteiger partial charge < -0.3 is 14.3 Å². The first-order valence-electron chi connectivity index (χ1n) is 4.47. The third-order valence-corrected chi connectivity index (χ3v) is 2.16. The number of rotatable bonds is 2. The maximum absolute atomic E-state index is 11.2. The van der Waals surface area contributed by atoms with Gasteiger partial charge >= 0.3 is 11.9 Å². The summed E-state index contributed by atoms with van der Waals surface area (Å²) < 4.78 is 9.64. The average molecular weight is 220 g/mol. The lowest BCUT2D eigenvalue weighted by Gasteiger charge is -1.94. The molecular weight excluding hydrogens is 212 g/mol. The van der Waals surface area contributed by atoms with Crippen molar-refractivity contribution in [2.75, 3.05) is 7.11 Å². The van der Waals surface area contributed by atoms with Crippen molar-refractivity contribution in [2.24, 2.45) is 0 Å². The number of aromatic carboxylic acids is 1. The number of furan rings is 1. The Morgan fingerprint density at radius 3 is 2.75 bits per heavy atom. The van der Waals surface area contributed by atoms with Crippen LogP contribution in [-0.4, -0.2) is 24.2 Å². The summed E-state index contributed by atoms with van der Waals surface area (Å²) >= 11 is 0. The number of hydrogen-bond acceptors (Lipinski definition) is 4. The smallest absolute Gasteiger partial charge is 0.373 e. The van der Waals surface area contributed by atoms with Gasteiger partial charge in [-0.05, 0) is 12.1 Å². The van der Waals surface area contributed by atoms with Crippen molar-refractivity contribution in [2.45, 2.75) is 0 Å². The van der Waals surface area contributed by atoms with Gasteiger partial charge in [0.1, 0.15) is 11.1 Å². The standard InChI is InChI=1S/C11H8O5/c1-15-11(14)8-5-6-3-2-4-7(10(12)13)9(6)16-8/h2-5H,1H3,(H,12,13). The summed E-state index contributed by atoms with van der Waals surface area (Å²) in [4.78, 5) is 22.1. The summed E-state index contributed by atoms with van der Waals surface area (Å²) in [5, 5.41) is 9.47. The predicted molar refractivity (Wildman–Crippen MR) is 54.5 cm³/mol. The van der Waals surface area contributed by atoms with Crippen LogP contribution in [0.5, 0.6) is 0 Å². The molecule has 5 heteroatoms. The second kappa shape index (κ2) is 3.69. The van der Waals surface area contributed by atoms with Gasteiger partial charge in [-0.3, -0.25) is 0 Å². The molecule has 0 saturated heterocycles. The van der Waals surface area contributed by atoms with Crippen LogP contribution in [0.3, 0.4) is 0 Å². The van der Waals surface area contributed by atoms with E-state index in [-0.39, 0.29) is 16.9 Å². The number of methoxy groups -OCH3 is 1. The van der Waals surface area contributed by atoms with Gasteiger partial charge in [0.15, 0.2) is 0 Å². The van der Waals surface area contributed by atoms with E-state index in [1.165, 1.54) is 19.2 Å². The Hall–Kier alpha value is -2.30. The highest BCUT2D eigenvalue weighted by atomic mass is 16.5. The van der Waals surface area contributed by atoms with Crippen molar-refractivity contribution in [1.82, 2.24) is 0 Å². The van der Waals surface area contributed by atoms with Gasteiger partial charge in [0.05, 0.1) is 7.11 Å². The molecule has 0 unspecified atom stereocenters. The lowest BCUT2D eigenvalue weighted by molar-refractivity contribution is 0.0565. The van der Waals surface area contributed by atoms with Gasteiger partial charge in [-0.1, -0.05) is 12.1 Å². The third-order valence-electron chi connectivity index (χ3n) is 2.16. The van der Waals surface area contributed by atoms with Crippen LogP contribution in [0.1, 0.15) is 20.9 Å². The van der Waals surface area contributed by atoms with Crippen LogP contribution in [0.4, 0.5) is 0 Å². The van der Waals surface area contributed by atoms with Gasteiger partial charge in [0, 0.05) is 5.39 Å². The second-order valence-corrected chi connectivity index (χ2v) is 3.13. The SMILES string of the molecule is COC(=O)c1cc2cccc(C(=O)O)c2o1. The van der Waals surface area contributed by atoms with Gasteiger partial charge in [-0.2, -0.15) is 0 Å². The van der Waals surface area contributed by atoms with Crippen molar-refractivity contribution >= 4 is 22.9 Å². The van der Waals surface area contributed by atoms with Crippen molar-refractivity contribution in [3.8, 4) is 0 Å². The van der Waals surface area contributed by atoms with E-state index >= 15 is 0 Å². The third kappa shape index (κ3) is 1.52. The molecule has 5 nitrogen and oxygen atoms in total. The van der Waals surface area contributed by atoms with E-state index in [1.807, 2.05) is 0 Å². The number of ether oxygens (including phenoxy) is 1. The minimum absolute atomic E-state index is 0.00815. The summed E-state index contributed by atoms with van der Waals surface area (Å²) in [6.07, 6.45) is 0. The normalized spacial score (nSPS) is 10.3. The Bertz CT molecular complexity index is 567. The molecule has 0 aliphatic carbocycles. The van der Waals surface area contributed by atoms with Crippen LogP contribution in [0.15, 0.2) is 28.7 Å². The minimum Gasteiger partial charge on any atom is -0.478 e. The number of carbonyl (C=O) groups excluding carboxylic acids is 1. The molecule has 0 radical (unpaired) electrons. The highest BCUT2D eigenvalue weighted by molar-refractivity contribution is 6.03. The van der Waals surface area contributed by atoms with Crippen molar-refractivity contribution in [1.29, 1.82) is 0 Å². The molecule has 2 aromatic rings. The maximum Gasteiger partial charge on any atom is 0.373 e. The van der Waals surface area contributed by atoms with E-state index in [2.05, 4.69) is 4.74 Å². The highest BCUT2D eigenvalue weighted by Crippen LogP contribution is 2.23. The molecule has 0 fully saturated rings. The zero-order valence-corrected chi connectivity index (χ0v) is 8.39. The van der Waals surface area contributed by atoms with Crippen LogP contribution < -0.4 is 0 Å². The Balaban J connectivity index is 2.65. The molecule has 16 heavy (non-hydrogen) atoms. The topological polar surface area (TPSA) is 76.7 Å². The molecule has 1 aromatic heterocycles. The van der Waals surface area contributed by atoms with E-state index < -0.39 is 11.9 Å². The summed E-state index contributed by atoms with van der Waals surface area (Å²) in [7, 11) is 1.23. The van der Waals surface area contributed by atoms with E-state index in [4.69, 9.17) is 9.52 Å². The first kappa shape index (κ1) is 10.2. The molecule has 2 rings (SSSR count). The van der Waals surface area contributed by atoms with Gasteiger partial charge in [0.25, 0.3) is 0 Å². The molecule has 0 spiro atoms. The van der Waals surface area contributed by atoms with Crippen molar-refractivity contribution in [3.63, 3.8) is 0 Å². The predicted octanol–water partition coefficient (Wildman–Crippen LogP) is 1.92. The van der Waals surface area contributed by atoms with E-state index in [0.29, 0.717) is 5.39 Å². The zero-order valence-electron chi connectivity index (χ0n) is 8.39. The van der Waals surface area contributed by atoms with Crippen LogP contribution in [0.2, 0.25) is 0 Å². The van der Waals surface area contributed by atoms with E-state index in [1.54, 1.807) is 12.1 Å². The number of esters is 1. The van der Waals surface area contributed by atoms with Crippen LogP contribution in [0.25, 0.3) is 11.0 Å². The second-order valence-electron chi connectivity index (χ2n) is 3.13. The molecular formula is C11H8O5.